The summed E-state index contributed by atoms with van der Waals surface area (Å²) in [6, 6.07) is 15.4. The SMILES string of the molecule is COc1ccc2ccccc2c1/C=C1/SC(=O)N(Cc2ccc(F)cc2Cl)C1=O. The molecule has 0 spiro atoms. The van der Waals surface area contributed by atoms with E-state index in [9.17, 15) is 14.0 Å². The lowest BCUT2D eigenvalue weighted by atomic mass is 10.0. The minimum absolute atomic E-state index is 0.0200. The molecule has 0 N–H and O–H groups in total. The van der Waals surface area contributed by atoms with E-state index in [-0.39, 0.29) is 11.6 Å². The molecule has 0 unspecified atom stereocenters. The Morgan fingerprint density at radius 2 is 1.93 bits per heavy atom. The van der Waals surface area contributed by atoms with Crippen LogP contribution in [-0.4, -0.2) is 23.2 Å². The van der Waals surface area contributed by atoms with Gasteiger partial charge in [-0.1, -0.05) is 48.0 Å². The van der Waals surface area contributed by atoms with Crippen LogP contribution < -0.4 is 4.74 Å². The molecule has 0 aliphatic carbocycles. The molecule has 2 amide bonds. The van der Waals surface area contributed by atoms with Gasteiger partial charge in [0.15, 0.2) is 0 Å². The molecule has 1 aliphatic heterocycles. The van der Waals surface area contributed by atoms with Crippen molar-refractivity contribution < 1.29 is 18.7 Å². The largest absolute Gasteiger partial charge is 0.496 e. The van der Waals surface area contributed by atoms with Gasteiger partial charge in [0.25, 0.3) is 11.1 Å². The summed E-state index contributed by atoms with van der Waals surface area (Å²) >= 11 is 6.91. The van der Waals surface area contributed by atoms with Crippen LogP contribution in [0.2, 0.25) is 5.02 Å². The zero-order valence-corrected chi connectivity index (χ0v) is 16.9. The summed E-state index contributed by atoms with van der Waals surface area (Å²) in [5.74, 6) is -0.289. The second-order valence-electron chi connectivity index (χ2n) is 6.41. The molecule has 146 valence electrons. The van der Waals surface area contributed by atoms with E-state index in [2.05, 4.69) is 0 Å². The minimum atomic E-state index is -0.476. The maximum absolute atomic E-state index is 13.3. The number of halogens is 2. The number of carbonyl (C=O) groups is 2. The molecule has 29 heavy (non-hydrogen) atoms. The number of thioether (sulfide) groups is 1. The molecule has 1 fully saturated rings. The summed E-state index contributed by atoms with van der Waals surface area (Å²) in [6.45, 7) is -0.0200. The molecule has 4 rings (SSSR count). The lowest BCUT2D eigenvalue weighted by Gasteiger charge is -2.13. The number of imide groups is 1. The summed E-state index contributed by atoms with van der Waals surface area (Å²) in [5.41, 5.74) is 1.23. The molecule has 7 heteroatoms. The number of amides is 2. The smallest absolute Gasteiger partial charge is 0.293 e. The van der Waals surface area contributed by atoms with Crippen LogP contribution in [0.25, 0.3) is 16.8 Å². The number of carbonyl (C=O) groups excluding carboxylic acids is 2. The third kappa shape index (κ3) is 3.73. The number of ether oxygens (including phenoxy) is 1. The first-order valence-electron chi connectivity index (χ1n) is 8.73. The number of rotatable bonds is 4. The van der Waals surface area contributed by atoms with Crippen LogP contribution in [0.1, 0.15) is 11.1 Å². The van der Waals surface area contributed by atoms with Crippen LogP contribution in [-0.2, 0) is 11.3 Å². The normalized spacial score (nSPS) is 15.6. The van der Waals surface area contributed by atoms with Gasteiger partial charge in [-0.3, -0.25) is 14.5 Å². The maximum atomic E-state index is 13.3. The average molecular weight is 428 g/mol. The van der Waals surface area contributed by atoms with E-state index in [1.54, 1.807) is 13.2 Å². The molecule has 3 aromatic rings. The molecule has 0 saturated carbocycles. The lowest BCUT2D eigenvalue weighted by molar-refractivity contribution is -0.123. The number of hydrogen-bond donors (Lipinski definition) is 0. The van der Waals surface area contributed by atoms with Gasteiger partial charge in [-0.2, -0.15) is 0 Å². The Kier molecular flexibility index (Phi) is 5.30. The Morgan fingerprint density at radius 3 is 2.69 bits per heavy atom. The predicted molar refractivity (Wildman–Crippen MR) is 113 cm³/mol. The van der Waals surface area contributed by atoms with Gasteiger partial charge in [0.05, 0.1) is 18.6 Å². The monoisotopic (exact) mass is 427 g/mol. The topological polar surface area (TPSA) is 46.6 Å². The Labute approximate surface area is 175 Å². The van der Waals surface area contributed by atoms with Crippen molar-refractivity contribution in [1.29, 1.82) is 0 Å². The fourth-order valence-electron chi connectivity index (χ4n) is 3.19. The van der Waals surface area contributed by atoms with Gasteiger partial charge in [0.2, 0.25) is 0 Å². The van der Waals surface area contributed by atoms with Crippen molar-refractivity contribution in [2.75, 3.05) is 7.11 Å². The van der Waals surface area contributed by atoms with Crippen molar-refractivity contribution in [3.8, 4) is 5.75 Å². The van der Waals surface area contributed by atoms with Crippen molar-refractivity contribution in [3.63, 3.8) is 0 Å². The average Bonchev–Trinajstić information content (AvgIpc) is 2.97. The standard InChI is InChI=1S/C22H15ClFNO3S/c1-28-19-9-7-13-4-2-3-5-16(13)17(19)11-20-21(26)25(22(27)29-20)12-14-6-8-15(24)10-18(14)23/h2-11H,12H2,1H3/b20-11+. The third-order valence-corrected chi connectivity index (χ3v) is 5.90. The molecule has 1 saturated heterocycles. The molecule has 3 aromatic carbocycles. The van der Waals surface area contributed by atoms with Gasteiger partial charge >= 0.3 is 0 Å². The first-order valence-corrected chi connectivity index (χ1v) is 9.92. The van der Waals surface area contributed by atoms with Crippen LogP contribution in [0.4, 0.5) is 9.18 Å². The third-order valence-electron chi connectivity index (χ3n) is 4.64. The number of methoxy groups -OCH3 is 1. The van der Waals surface area contributed by atoms with E-state index in [4.69, 9.17) is 16.3 Å². The van der Waals surface area contributed by atoms with E-state index >= 15 is 0 Å². The summed E-state index contributed by atoms with van der Waals surface area (Å²) in [6.07, 6.45) is 1.68. The van der Waals surface area contributed by atoms with Gasteiger partial charge in [-0.05, 0) is 52.4 Å². The predicted octanol–water partition coefficient (Wildman–Crippen LogP) is 5.88. The van der Waals surface area contributed by atoms with Crippen molar-refractivity contribution in [2.45, 2.75) is 6.54 Å². The molecule has 1 heterocycles. The number of hydrogen-bond acceptors (Lipinski definition) is 4. The Hall–Kier alpha value is -2.83. The molecule has 0 bridgehead atoms. The van der Waals surface area contributed by atoms with E-state index in [0.29, 0.717) is 16.2 Å². The molecule has 0 atom stereocenters. The summed E-state index contributed by atoms with van der Waals surface area (Å²) in [7, 11) is 1.56. The highest BCUT2D eigenvalue weighted by Crippen LogP contribution is 2.37. The fraction of sp³-hybridized carbons (Fsp3) is 0.0909. The van der Waals surface area contributed by atoms with Crippen LogP contribution in [0, 0.1) is 5.82 Å². The summed E-state index contributed by atoms with van der Waals surface area (Å²) < 4.78 is 18.7. The zero-order valence-electron chi connectivity index (χ0n) is 15.3. The Bertz CT molecular complexity index is 1180. The van der Waals surface area contributed by atoms with Gasteiger partial charge in [-0.15, -0.1) is 0 Å². The number of nitrogens with zero attached hydrogens (tertiary/aromatic N) is 1. The minimum Gasteiger partial charge on any atom is -0.496 e. The Balaban J connectivity index is 1.70. The summed E-state index contributed by atoms with van der Waals surface area (Å²) in [4.78, 5) is 26.8. The lowest BCUT2D eigenvalue weighted by Crippen LogP contribution is -2.27. The Morgan fingerprint density at radius 1 is 1.14 bits per heavy atom. The highest BCUT2D eigenvalue weighted by Gasteiger charge is 2.35. The first-order chi connectivity index (χ1) is 14.0. The van der Waals surface area contributed by atoms with E-state index in [0.717, 1.165) is 39.1 Å². The molecule has 4 nitrogen and oxygen atoms in total. The zero-order chi connectivity index (χ0) is 20.5. The maximum Gasteiger partial charge on any atom is 0.293 e. The highest BCUT2D eigenvalue weighted by atomic mass is 35.5. The molecule has 0 aromatic heterocycles. The van der Waals surface area contributed by atoms with Crippen molar-refractivity contribution in [2.24, 2.45) is 0 Å². The number of benzene rings is 3. The molecule has 0 radical (unpaired) electrons. The van der Waals surface area contributed by atoms with Crippen molar-refractivity contribution >= 4 is 51.4 Å². The van der Waals surface area contributed by atoms with E-state index < -0.39 is 17.0 Å². The fourth-order valence-corrected chi connectivity index (χ4v) is 4.24. The molecular formula is C22H15ClFNO3S. The molecular weight excluding hydrogens is 413 g/mol. The van der Waals surface area contributed by atoms with E-state index in [1.807, 2.05) is 36.4 Å². The van der Waals surface area contributed by atoms with Crippen LogP contribution in [0.15, 0.2) is 59.5 Å². The molecule has 1 aliphatic rings. The second kappa shape index (κ2) is 7.89. The van der Waals surface area contributed by atoms with Gasteiger partial charge in [-0.25, -0.2) is 4.39 Å². The van der Waals surface area contributed by atoms with Crippen LogP contribution in [0.5, 0.6) is 5.75 Å². The van der Waals surface area contributed by atoms with Crippen molar-refractivity contribution in [3.05, 3.63) is 81.5 Å². The first kappa shape index (κ1) is 19.5. The van der Waals surface area contributed by atoms with Gasteiger partial charge in [0, 0.05) is 10.6 Å². The highest BCUT2D eigenvalue weighted by molar-refractivity contribution is 8.18. The van der Waals surface area contributed by atoms with Crippen molar-refractivity contribution in [1.82, 2.24) is 4.90 Å². The second-order valence-corrected chi connectivity index (χ2v) is 7.81. The van der Waals surface area contributed by atoms with E-state index in [1.165, 1.54) is 12.1 Å². The van der Waals surface area contributed by atoms with Crippen LogP contribution >= 0.6 is 23.4 Å². The van der Waals surface area contributed by atoms with Crippen LogP contribution in [0.3, 0.4) is 0 Å². The summed E-state index contributed by atoms with van der Waals surface area (Å²) in [5, 5.41) is 1.68. The quantitative estimate of drug-likeness (QED) is 0.488. The van der Waals surface area contributed by atoms with Gasteiger partial charge < -0.3 is 4.74 Å². The van der Waals surface area contributed by atoms with Gasteiger partial charge in [0.1, 0.15) is 11.6 Å². The number of fused-ring (bicyclic) bond motifs is 1.